The molecule has 2 heterocycles. The van der Waals surface area contributed by atoms with Crippen LogP contribution in [0.1, 0.15) is 36.0 Å². The summed E-state index contributed by atoms with van der Waals surface area (Å²) in [6.45, 7) is 3.60. The van der Waals surface area contributed by atoms with Crippen molar-refractivity contribution in [2.45, 2.75) is 25.7 Å². The van der Waals surface area contributed by atoms with E-state index in [1.807, 2.05) is 0 Å². The zero-order valence-corrected chi connectivity index (χ0v) is 13.5. The van der Waals surface area contributed by atoms with Gasteiger partial charge in [-0.05, 0) is 37.0 Å². The minimum absolute atomic E-state index is 0.197. The summed E-state index contributed by atoms with van der Waals surface area (Å²) in [7, 11) is 0. The summed E-state index contributed by atoms with van der Waals surface area (Å²) in [5, 5.41) is 14.7. The van der Waals surface area contributed by atoms with Gasteiger partial charge in [-0.1, -0.05) is 33.2 Å². The maximum Gasteiger partial charge on any atom is 0.161 e. The molecule has 0 aromatic heterocycles. The highest BCUT2D eigenvalue weighted by atomic mass is 79.9. The molecule has 0 atom stereocenters. The molecular weight excluding hydrogens is 334 g/mol. The molecule has 0 saturated carbocycles. The predicted molar refractivity (Wildman–Crippen MR) is 83.4 cm³/mol. The third-order valence-electron chi connectivity index (χ3n) is 3.85. The van der Waals surface area contributed by atoms with E-state index in [1.54, 1.807) is 12.1 Å². The Morgan fingerprint density at radius 3 is 2.24 bits per heavy atom. The van der Waals surface area contributed by atoms with Gasteiger partial charge in [-0.2, -0.15) is 4.59 Å². The van der Waals surface area contributed by atoms with Gasteiger partial charge in [0.1, 0.15) is 19.6 Å². The Balaban J connectivity index is 0.000000155. The summed E-state index contributed by atoms with van der Waals surface area (Å²) in [5.41, 5.74) is 5.87. The third kappa shape index (κ3) is 4.54. The number of carbonyl (C=O) groups excluding carboxylic acids is 1. The van der Waals surface area contributed by atoms with Gasteiger partial charge in [0.2, 0.25) is 0 Å². The summed E-state index contributed by atoms with van der Waals surface area (Å²) in [6, 6.07) is 6.29. The molecule has 0 bridgehead atoms. The average Bonchev–Trinajstić information content (AvgIpc) is 2.81. The number of nitrogens with zero attached hydrogens (tertiary/aromatic N) is 2. The van der Waals surface area contributed by atoms with Crippen LogP contribution in [-0.2, 0) is 0 Å². The first kappa shape index (κ1) is 16.0. The summed E-state index contributed by atoms with van der Waals surface area (Å²) >= 11 is 3.18. The van der Waals surface area contributed by atoms with Crippen molar-refractivity contribution < 1.29 is 14.5 Å². The molecule has 1 spiro atoms. The molecule has 5 nitrogen and oxygen atoms in total. The van der Waals surface area contributed by atoms with Crippen molar-refractivity contribution in [2.75, 3.05) is 19.6 Å². The van der Waals surface area contributed by atoms with Gasteiger partial charge < -0.3 is 15.6 Å². The first-order valence-electron chi connectivity index (χ1n) is 7.18. The van der Waals surface area contributed by atoms with Gasteiger partial charge in [0, 0.05) is 4.47 Å². The smallest absolute Gasteiger partial charge is 0.161 e. The predicted octanol–water partition coefficient (Wildman–Crippen LogP) is 1.48. The number of quaternary nitrogens is 1. The highest BCUT2D eigenvalue weighted by Crippen LogP contribution is 2.23. The second-order valence-corrected chi connectivity index (χ2v) is 6.38. The topological polar surface area (TPSA) is 78.5 Å². The largest absolute Gasteiger partial charge is 0.545 e. The van der Waals surface area contributed by atoms with Gasteiger partial charge >= 0.3 is 0 Å². The van der Waals surface area contributed by atoms with E-state index in [0.29, 0.717) is 0 Å². The van der Waals surface area contributed by atoms with Crippen LogP contribution in [0.2, 0.25) is 0 Å². The van der Waals surface area contributed by atoms with Crippen LogP contribution >= 0.6 is 15.9 Å². The van der Waals surface area contributed by atoms with E-state index in [4.69, 9.17) is 5.73 Å². The van der Waals surface area contributed by atoms with Crippen molar-refractivity contribution in [3.05, 3.63) is 34.3 Å². The quantitative estimate of drug-likeness (QED) is 0.776. The Bertz CT molecular complexity index is 522. The fourth-order valence-electron chi connectivity index (χ4n) is 2.71. The number of carboxylic acid groups (broad SMARTS) is 1. The van der Waals surface area contributed by atoms with E-state index in [9.17, 15) is 9.90 Å². The minimum atomic E-state index is -1.15. The van der Waals surface area contributed by atoms with Gasteiger partial charge in [0.05, 0.1) is 12.4 Å². The Morgan fingerprint density at radius 2 is 1.76 bits per heavy atom. The molecule has 3 rings (SSSR count). The average molecular weight is 354 g/mol. The highest BCUT2D eigenvalue weighted by Gasteiger charge is 2.34. The second-order valence-electron chi connectivity index (χ2n) is 5.46. The van der Waals surface area contributed by atoms with Gasteiger partial charge in [-0.15, -0.1) is 0 Å². The van der Waals surface area contributed by atoms with Crippen molar-refractivity contribution in [3.8, 4) is 0 Å². The molecule has 114 valence electrons. The van der Waals surface area contributed by atoms with E-state index < -0.39 is 5.97 Å². The standard InChI is InChI=1S/C8H16N3.C7H5BrO2/c9-8-4-7-11(10-8)5-2-1-3-6-11;8-6-3-1-5(2-4-6)7(9)10/h1-7H2,(H2,9,10);1-4H,(H,9,10)/q+1;/p-1. The summed E-state index contributed by atoms with van der Waals surface area (Å²) < 4.78 is 1.81. The molecule has 2 aliphatic heterocycles. The third-order valence-corrected chi connectivity index (χ3v) is 4.38. The number of aromatic carboxylic acids is 1. The zero-order chi connectivity index (χ0) is 15.3. The van der Waals surface area contributed by atoms with E-state index >= 15 is 0 Å². The molecule has 0 radical (unpaired) electrons. The highest BCUT2D eigenvalue weighted by molar-refractivity contribution is 9.10. The zero-order valence-electron chi connectivity index (χ0n) is 11.9. The van der Waals surface area contributed by atoms with Crippen LogP contribution < -0.4 is 10.8 Å². The van der Waals surface area contributed by atoms with E-state index in [0.717, 1.165) is 27.9 Å². The molecule has 21 heavy (non-hydrogen) atoms. The lowest BCUT2D eigenvalue weighted by molar-refractivity contribution is -0.933. The van der Waals surface area contributed by atoms with Gasteiger partial charge in [-0.25, -0.2) is 0 Å². The number of nitrogens with two attached hydrogens (primary N) is 1. The Labute approximate surface area is 133 Å². The number of benzene rings is 1. The normalized spacial score (nSPS) is 19.6. The Kier molecular flexibility index (Phi) is 5.36. The lowest BCUT2D eigenvalue weighted by Crippen LogP contribution is -2.44. The van der Waals surface area contributed by atoms with Crippen molar-refractivity contribution in [2.24, 2.45) is 10.8 Å². The van der Waals surface area contributed by atoms with Crippen LogP contribution in [0.5, 0.6) is 0 Å². The number of amidine groups is 1. The Hall–Kier alpha value is -1.40. The molecular formula is C15H20BrN3O2. The molecule has 1 fully saturated rings. The molecule has 1 aromatic carbocycles. The minimum Gasteiger partial charge on any atom is -0.545 e. The number of carboxylic acids is 1. The molecule has 2 N–H and O–H groups in total. The number of halogens is 1. The molecule has 0 amide bonds. The summed E-state index contributed by atoms with van der Waals surface area (Å²) in [5.74, 6) is -0.278. The van der Waals surface area contributed by atoms with E-state index in [-0.39, 0.29) is 5.56 Å². The number of hydrogen-bond donors (Lipinski definition) is 1. The van der Waals surface area contributed by atoms with Gasteiger partial charge in [0.25, 0.3) is 0 Å². The van der Waals surface area contributed by atoms with Crippen LogP contribution in [0.4, 0.5) is 0 Å². The number of rotatable bonds is 1. The van der Waals surface area contributed by atoms with Crippen molar-refractivity contribution >= 4 is 27.7 Å². The van der Waals surface area contributed by atoms with Crippen molar-refractivity contribution in [1.82, 2.24) is 0 Å². The van der Waals surface area contributed by atoms with Crippen molar-refractivity contribution in [3.63, 3.8) is 0 Å². The molecule has 1 saturated heterocycles. The van der Waals surface area contributed by atoms with Gasteiger partial charge in [-0.3, -0.25) is 0 Å². The number of carbonyl (C=O) groups is 1. The molecule has 1 aromatic rings. The van der Waals surface area contributed by atoms with Crippen LogP contribution in [0, 0.1) is 0 Å². The molecule has 0 aliphatic carbocycles. The van der Waals surface area contributed by atoms with E-state index in [2.05, 4.69) is 21.0 Å². The second kappa shape index (κ2) is 7.04. The maximum atomic E-state index is 10.2. The lowest BCUT2D eigenvalue weighted by atomic mass is 10.1. The van der Waals surface area contributed by atoms with E-state index in [1.165, 1.54) is 44.5 Å². The molecule has 2 aliphatic rings. The summed E-state index contributed by atoms with van der Waals surface area (Å²) in [4.78, 5) is 10.2. The lowest BCUT2D eigenvalue weighted by Gasteiger charge is -2.31. The number of piperidine rings is 1. The number of hydrogen-bond acceptors (Lipinski definition) is 4. The van der Waals surface area contributed by atoms with Crippen LogP contribution in [0.3, 0.4) is 0 Å². The fourth-order valence-corrected chi connectivity index (χ4v) is 2.97. The van der Waals surface area contributed by atoms with Gasteiger partial charge in [0.15, 0.2) is 5.84 Å². The van der Waals surface area contributed by atoms with Crippen LogP contribution in [0.25, 0.3) is 0 Å². The molecule has 0 unspecified atom stereocenters. The summed E-state index contributed by atoms with van der Waals surface area (Å²) in [6.07, 6.45) is 5.06. The maximum absolute atomic E-state index is 10.2. The monoisotopic (exact) mass is 353 g/mol. The van der Waals surface area contributed by atoms with Crippen LogP contribution in [-0.4, -0.2) is 36.0 Å². The molecule has 6 heteroatoms. The Morgan fingerprint density at radius 1 is 1.14 bits per heavy atom. The van der Waals surface area contributed by atoms with Crippen LogP contribution in [0.15, 0.2) is 33.8 Å². The van der Waals surface area contributed by atoms with Crippen molar-refractivity contribution in [1.29, 1.82) is 0 Å². The SMILES string of the molecule is NC1=N[N+]2(CCCCC2)CC1.O=C([O-])c1ccc(Br)cc1. The first-order chi connectivity index (χ1) is 10.0. The first-order valence-corrected chi connectivity index (χ1v) is 7.98. The fraction of sp³-hybridized carbons (Fsp3) is 0.467.